The van der Waals surface area contributed by atoms with Gasteiger partial charge in [-0.15, -0.1) is 0 Å². The number of thiocarbonyl (C=S) groups is 1. The summed E-state index contributed by atoms with van der Waals surface area (Å²) in [5.41, 5.74) is -1.62. The Morgan fingerprint density at radius 2 is 2.19 bits per heavy atom. The number of nitrogens with one attached hydrogen (secondary N) is 1. The summed E-state index contributed by atoms with van der Waals surface area (Å²) in [6.45, 7) is 1.53. The van der Waals surface area contributed by atoms with Crippen molar-refractivity contribution in [2.24, 2.45) is 0 Å². The SMILES string of the molecule is CC(=S)Nc1cnc(C#N)c(C(F)(F)F)c1. The molecule has 7 heteroatoms. The van der Waals surface area contributed by atoms with Gasteiger partial charge in [0.2, 0.25) is 0 Å². The summed E-state index contributed by atoms with van der Waals surface area (Å²) >= 11 is 4.69. The summed E-state index contributed by atoms with van der Waals surface area (Å²) in [7, 11) is 0. The van der Waals surface area contributed by atoms with Gasteiger partial charge in [0.25, 0.3) is 0 Å². The molecule has 0 unspecified atom stereocenters. The first kappa shape index (κ1) is 12.4. The number of halogens is 3. The molecule has 1 aromatic heterocycles. The zero-order valence-corrected chi connectivity index (χ0v) is 8.91. The van der Waals surface area contributed by atoms with Crippen molar-refractivity contribution in [2.75, 3.05) is 5.32 Å². The summed E-state index contributed by atoms with van der Waals surface area (Å²) in [5.74, 6) is 0. The molecule has 1 aromatic rings. The molecule has 16 heavy (non-hydrogen) atoms. The van der Waals surface area contributed by atoms with Crippen LogP contribution in [0.3, 0.4) is 0 Å². The van der Waals surface area contributed by atoms with Gasteiger partial charge in [0.1, 0.15) is 6.07 Å². The van der Waals surface area contributed by atoms with Gasteiger partial charge < -0.3 is 5.32 Å². The number of rotatable bonds is 1. The Hall–Kier alpha value is -1.68. The Labute approximate surface area is 94.9 Å². The molecule has 0 aliphatic rings. The molecule has 0 bridgehead atoms. The van der Waals surface area contributed by atoms with Gasteiger partial charge in [-0.2, -0.15) is 18.4 Å². The van der Waals surface area contributed by atoms with Gasteiger partial charge >= 0.3 is 6.18 Å². The fraction of sp³-hybridized carbons (Fsp3) is 0.222. The van der Waals surface area contributed by atoms with E-state index in [4.69, 9.17) is 17.5 Å². The maximum atomic E-state index is 12.5. The van der Waals surface area contributed by atoms with Crippen molar-refractivity contribution in [3.8, 4) is 6.07 Å². The molecule has 0 saturated carbocycles. The van der Waals surface area contributed by atoms with Crippen LogP contribution < -0.4 is 5.32 Å². The number of hydrogen-bond acceptors (Lipinski definition) is 3. The first-order valence-corrected chi connectivity index (χ1v) is 4.50. The molecular weight excluding hydrogens is 239 g/mol. The number of nitriles is 1. The van der Waals surface area contributed by atoms with Crippen molar-refractivity contribution in [1.82, 2.24) is 4.98 Å². The molecule has 0 saturated heterocycles. The van der Waals surface area contributed by atoms with Crippen LogP contribution >= 0.6 is 12.2 Å². The summed E-state index contributed by atoms with van der Waals surface area (Å²) in [6.07, 6.45) is -3.48. The first-order valence-electron chi connectivity index (χ1n) is 4.09. The molecule has 1 heterocycles. The second kappa shape index (κ2) is 4.45. The van der Waals surface area contributed by atoms with Gasteiger partial charge in [-0.1, -0.05) is 12.2 Å². The van der Waals surface area contributed by atoms with E-state index in [0.717, 1.165) is 12.3 Å². The Morgan fingerprint density at radius 3 is 2.62 bits per heavy atom. The third kappa shape index (κ3) is 2.90. The molecule has 3 nitrogen and oxygen atoms in total. The number of hydrogen-bond donors (Lipinski definition) is 1. The van der Waals surface area contributed by atoms with Gasteiger partial charge in [-0.3, -0.25) is 0 Å². The van der Waals surface area contributed by atoms with Crippen LogP contribution in [0.15, 0.2) is 12.3 Å². The average Bonchev–Trinajstić information content (AvgIpc) is 2.15. The Kier molecular flexibility index (Phi) is 3.44. The number of aromatic nitrogens is 1. The van der Waals surface area contributed by atoms with E-state index in [1.807, 2.05) is 0 Å². The van der Waals surface area contributed by atoms with Gasteiger partial charge in [0, 0.05) is 0 Å². The van der Waals surface area contributed by atoms with E-state index in [0.29, 0.717) is 4.99 Å². The predicted octanol–water partition coefficient (Wildman–Crippen LogP) is 2.73. The van der Waals surface area contributed by atoms with E-state index in [2.05, 4.69) is 10.3 Å². The third-order valence-electron chi connectivity index (χ3n) is 1.62. The Morgan fingerprint density at radius 1 is 1.56 bits per heavy atom. The van der Waals surface area contributed by atoms with Gasteiger partial charge in [-0.05, 0) is 13.0 Å². The van der Waals surface area contributed by atoms with Crippen LogP contribution in [-0.2, 0) is 6.18 Å². The van der Waals surface area contributed by atoms with Crippen molar-refractivity contribution in [1.29, 1.82) is 5.26 Å². The van der Waals surface area contributed by atoms with Crippen LogP contribution in [0.2, 0.25) is 0 Å². The van der Waals surface area contributed by atoms with Crippen LogP contribution in [0.5, 0.6) is 0 Å². The molecular formula is C9H6F3N3S. The normalized spacial score (nSPS) is 10.7. The van der Waals surface area contributed by atoms with E-state index < -0.39 is 17.4 Å². The highest BCUT2D eigenvalue weighted by Gasteiger charge is 2.34. The van der Waals surface area contributed by atoms with E-state index in [1.165, 1.54) is 13.0 Å². The van der Waals surface area contributed by atoms with Crippen LogP contribution in [0, 0.1) is 11.3 Å². The fourth-order valence-corrected chi connectivity index (χ4v) is 1.16. The van der Waals surface area contributed by atoms with Crippen molar-refractivity contribution in [2.45, 2.75) is 13.1 Å². The molecule has 0 amide bonds. The van der Waals surface area contributed by atoms with Gasteiger partial charge in [0.05, 0.1) is 22.4 Å². The molecule has 0 aromatic carbocycles. The quantitative estimate of drug-likeness (QED) is 0.773. The molecule has 0 atom stereocenters. The highest BCUT2D eigenvalue weighted by molar-refractivity contribution is 7.80. The maximum absolute atomic E-state index is 12.5. The number of pyridine rings is 1. The topological polar surface area (TPSA) is 48.7 Å². The van der Waals surface area contributed by atoms with Crippen LogP contribution in [0.25, 0.3) is 0 Å². The summed E-state index contributed by atoms with van der Waals surface area (Å²) < 4.78 is 37.5. The van der Waals surface area contributed by atoms with Crippen molar-refractivity contribution >= 4 is 22.9 Å². The van der Waals surface area contributed by atoms with Crippen molar-refractivity contribution in [3.05, 3.63) is 23.5 Å². The molecule has 1 rings (SSSR count). The highest BCUT2D eigenvalue weighted by Crippen LogP contribution is 2.32. The van der Waals surface area contributed by atoms with Gasteiger partial charge in [-0.25, -0.2) is 4.98 Å². The lowest BCUT2D eigenvalue weighted by atomic mass is 10.2. The summed E-state index contributed by atoms with van der Waals surface area (Å²) in [5, 5.41) is 11.0. The van der Waals surface area contributed by atoms with Gasteiger partial charge in [0.15, 0.2) is 5.69 Å². The van der Waals surface area contributed by atoms with E-state index in [-0.39, 0.29) is 5.69 Å². The monoisotopic (exact) mass is 245 g/mol. The number of alkyl halides is 3. The van der Waals surface area contributed by atoms with E-state index in [9.17, 15) is 13.2 Å². The van der Waals surface area contributed by atoms with Crippen molar-refractivity contribution < 1.29 is 13.2 Å². The maximum Gasteiger partial charge on any atom is 0.419 e. The average molecular weight is 245 g/mol. The molecule has 0 aliphatic heterocycles. The second-order valence-corrected chi connectivity index (χ2v) is 3.52. The summed E-state index contributed by atoms with van der Waals surface area (Å²) in [6, 6.07) is 2.20. The second-order valence-electron chi connectivity index (χ2n) is 2.91. The van der Waals surface area contributed by atoms with E-state index >= 15 is 0 Å². The van der Waals surface area contributed by atoms with Crippen LogP contribution in [-0.4, -0.2) is 9.97 Å². The van der Waals surface area contributed by atoms with Crippen LogP contribution in [0.4, 0.5) is 18.9 Å². The highest BCUT2D eigenvalue weighted by atomic mass is 32.1. The Bertz CT molecular complexity index is 462. The number of anilines is 1. The minimum absolute atomic E-state index is 0.110. The molecule has 1 N–H and O–H groups in total. The molecule has 0 radical (unpaired) electrons. The lowest BCUT2D eigenvalue weighted by Gasteiger charge is -2.10. The Balaban J connectivity index is 3.23. The number of nitrogens with zero attached hydrogens (tertiary/aromatic N) is 2. The molecule has 84 valence electrons. The summed E-state index contributed by atoms with van der Waals surface area (Å²) in [4.78, 5) is 3.73. The zero-order chi connectivity index (χ0) is 12.3. The zero-order valence-electron chi connectivity index (χ0n) is 8.09. The van der Waals surface area contributed by atoms with Crippen LogP contribution in [0.1, 0.15) is 18.2 Å². The smallest absolute Gasteiger partial charge is 0.349 e. The standard InChI is InChI=1S/C9H6F3N3S/c1-5(16)15-6-2-7(9(10,11)12)8(3-13)14-4-6/h2,4H,1H3,(H,15,16). The van der Waals surface area contributed by atoms with Crippen molar-refractivity contribution in [3.63, 3.8) is 0 Å². The first-order chi connectivity index (χ1) is 7.34. The third-order valence-corrected chi connectivity index (χ3v) is 1.72. The lowest BCUT2D eigenvalue weighted by Crippen LogP contribution is -2.11. The predicted molar refractivity (Wildman–Crippen MR) is 55.8 cm³/mol. The molecule has 0 aliphatic carbocycles. The van der Waals surface area contributed by atoms with E-state index in [1.54, 1.807) is 0 Å². The fourth-order valence-electron chi connectivity index (χ4n) is 1.04. The lowest BCUT2D eigenvalue weighted by molar-refractivity contribution is -0.138. The largest absolute Gasteiger partial charge is 0.419 e. The minimum Gasteiger partial charge on any atom is -0.349 e. The molecule has 0 spiro atoms. The minimum atomic E-state index is -4.61. The molecule has 0 fully saturated rings.